The molecule has 1 saturated heterocycles. The predicted octanol–water partition coefficient (Wildman–Crippen LogP) is 5.22. The highest BCUT2D eigenvalue weighted by Gasteiger charge is 2.34. The minimum absolute atomic E-state index is 0.214. The molecule has 0 bridgehead atoms. The first-order valence-corrected chi connectivity index (χ1v) is 14.8. The average Bonchev–Trinajstić information content (AvgIpc) is 3.44. The molecule has 2 N–H and O–H groups in total. The maximum absolute atomic E-state index is 12.4. The second-order valence-electron chi connectivity index (χ2n) is 11.3. The number of carbonyl (C=O) groups is 1. The van der Waals surface area contributed by atoms with Crippen LogP contribution in [0.1, 0.15) is 62.9 Å². The fourth-order valence-corrected chi connectivity index (χ4v) is 5.45. The molecule has 216 valence electrons. The van der Waals surface area contributed by atoms with Gasteiger partial charge in [-0.1, -0.05) is 60.7 Å². The van der Waals surface area contributed by atoms with Crippen LogP contribution >= 0.6 is 0 Å². The Morgan fingerprint density at radius 2 is 1.66 bits per heavy atom. The zero-order valence-corrected chi connectivity index (χ0v) is 24.4. The number of imidazole rings is 1. The van der Waals surface area contributed by atoms with Gasteiger partial charge in [0.05, 0.1) is 24.5 Å². The van der Waals surface area contributed by atoms with Crippen LogP contribution in [0.2, 0.25) is 0 Å². The van der Waals surface area contributed by atoms with Gasteiger partial charge in [-0.3, -0.25) is 4.79 Å². The Morgan fingerprint density at radius 1 is 1.00 bits per heavy atom. The monoisotopic (exact) mass is 554 g/mol. The standard InChI is InChI=1S/C33H42N6O2/c1-4-41-32(40)33(2,3)28-24-39-30(36-28)17-16-29(37-39)34-20-11-21-38-22-18-27(19-23-38)35-31(25-12-7-5-8-13-25)26-14-9-6-10-15-26/h5-10,12-17,24,27,31,35H,4,11,18-23H2,1-3H3,(H,34,37). The summed E-state index contributed by atoms with van der Waals surface area (Å²) >= 11 is 0. The molecule has 41 heavy (non-hydrogen) atoms. The van der Waals surface area contributed by atoms with E-state index >= 15 is 0 Å². The van der Waals surface area contributed by atoms with Gasteiger partial charge >= 0.3 is 5.97 Å². The van der Waals surface area contributed by atoms with Gasteiger partial charge in [0.1, 0.15) is 11.2 Å². The second-order valence-corrected chi connectivity index (χ2v) is 11.3. The van der Waals surface area contributed by atoms with Gasteiger partial charge in [0.25, 0.3) is 0 Å². The first-order chi connectivity index (χ1) is 19.9. The average molecular weight is 555 g/mol. The maximum Gasteiger partial charge on any atom is 0.317 e. The molecule has 2 aromatic carbocycles. The molecule has 0 atom stereocenters. The third kappa shape index (κ3) is 7.13. The van der Waals surface area contributed by atoms with E-state index in [2.05, 4.69) is 86.3 Å². The molecule has 4 aromatic rings. The highest BCUT2D eigenvalue weighted by Crippen LogP contribution is 2.26. The third-order valence-electron chi connectivity index (χ3n) is 7.96. The van der Waals surface area contributed by atoms with E-state index in [0.717, 1.165) is 51.3 Å². The van der Waals surface area contributed by atoms with Gasteiger partial charge < -0.3 is 20.3 Å². The topological polar surface area (TPSA) is 83.8 Å². The van der Waals surface area contributed by atoms with Gasteiger partial charge in [-0.2, -0.15) is 0 Å². The Bertz CT molecular complexity index is 1360. The predicted molar refractivity (Wildman–Crippen MR) is 163 cm³/mol. The highest BCUT2D eigenvalue weighted by molar-refractivity contribution is 5.81. The molecule has 0 spiro atoms. The smallest absolute Gasteiger partial charge is 0.317 e. The van der Waals surface area contributed by atoms with E-state index in [-0.39, 0.29) is 12.0 Å². The summed E-state index contributed by atoms with van der Waals surface area (Å²) in [5.74, 6) is 0.514. The van der Waals surface area contributed by atoms with Gasteiger partial charge in [-0.25, -0.2) is 9.50 Å². The number of hydrogen-bond acceptors (Lipinski definition) is 7. The minimum Gasteiger partial charge on any atom is -0.465 e. The van der Waals surface area contributed by atoms with Crippen molar-refractivity contribution in [1.82, 2.24) is 24.8 Å². The fourth-order valence-electron chi connectivity index (χ4n) is 5.45. The molecule has 5 rings (SSSR count). The quantitative estimate of drug-likeness (QED) is 0.184. The summed E-state index contributed by atoms with van der Waals surface area (Å²) in [5, 5.41) is 12.1. The van der Waals surface area contributed by atoms with E-state index in [1.807, 2.05) is 39.1 Å². The van der Waals surface area contributed by atoms with Crippen LogP contribution in [0, 0.1) is 0 Å². The SMILES string of the molecule is CCOC(=O)C(C)(C)c1cn2nc(NCCCN3CCC(NC(c4ccccc4)c4ccccc4)CC3)ccc2n1. The van der Waals surface area contributed by atoms with Gasteiger partial charge in [-0.15, -0.1) is 5.10 Å². The summed E-state index contributed by atoms with van der Waals surface area (Å²) in [5.41, 5.74) is 3.16. The molecule has 2 aromatic heterocycles. The molecule has 1 aliphatic heterocycles. The van der Waals surface area contributed by atoms with E-state index in [1.165, 1.54) is 11.1 Å². The number of piperidine rings is 1. The molecule has 0 amide bonds. The number of esters is 1. The van der Waals surface area contributed by atoms with E-state index in [1.54, 1.807) is 4.52 Å². The van der Waals surface area contributed by atoms with Crippen LogP contribution in [0.15, 0.2) is 79.0 Å². The van der Waals surface area contributed by atoms with Gasteiger partial charge in [0, 0.05) is 12.6 Å². The van der Waals surface area contributed by atoms with Gasteiger partial charge in [0.2, 0.25) is 0 Å². The number of hydrogen-bond donors (Lipinski definition) is 2. The molecule has 0 radical (unpaired) electrons. The molecule has 8 nitrogen and oxygen atoms in total. The highest BCUT2D eigenvalue weighted by atomic mass is 16.5. The lowest BCUT2D eigenvalue weighted by Crippen LogP contribution is -2.44. The lowest BCUT2D eigenvalue weighted by atomic mass is 9.90. The van der Waals surface area contributed by atoms with Crippen LogP contribution in [0.25, 0.3) is 5.65 Å². The van der Waals surface area contributed by atoms with E-state index in [0.29, 0.717) is 24.0 Å². The number of likely N-dealkylation sites (tertiary alicyclic amines) is 1. The van der Waals surface area contributed by atoms with Crippen molar-refractivity contribution in [3.05, 3.63) is 95.8 Å². The normalized spacial score (nSPS) is 14.9. The van der Waals surface area contributed by atoms with E-state index < -0.39 is 5.41 Å². The number of aromatic nitrogens is 3. The third-order valence-corrected chi connectivity index (χ3v) is 7.96. The number of nitrogens with one attached hydrogen (secondary N) is 2. The fraction of sp³-hybridized carbons (Fsp3) is 0.424. The first-order valence-electron chi connectivity index (χ1n) is 14.8. The molecule has 0 saturated carbocycles. The lowest BCUT2D eigenvalue weighted by Gasteiger charge is -2.35. The Morgan fingerprint density at radius 3 is 2.29 bits per heavy atom. The zero-order valence-electron chi connectivity index (χ0n) is 24.4. The van der Waals surface area contributed by atoms with Crippen molar-refractivity contribution in [3.63, 3.8) is 0 Å². The van der Waals surface area contributed by atoms with Gasteiger partial charge in [-0.05, 0) is 82.9 Å². The number of rotatable bonds is 12. The molecule has 1 fully saturated rings. The van der Waals surface area contributed by atoms with Crippen molar-refractivity contribution < 1.29 is 9.53 Å². The molecule has 0 aliphatic carbocycles. The van der Waals surface area contributed by atoms with Crippen molar-refractivity contribution in [2.75, 3.05) is 38.1 Å². The Balaban J connectivity index is 1.08. The zero-order chi connectivity index (χ0) is 28.7. The molecule has 8 heteroatoms. The van der Waals surface area contributed by atoms with E-state index in [4.69, 9.17) is 4.74 Å². The second kappa shape index (κ2) is 13.3. The van der Waals surface area contributed by atoms with Crippen LogP contribution in [-0.4, -0.2) is 64.3 Å². The molecular formula is C33H42N6O2. The Kier molecular flexibility index (Phi) is 9.31. The number of benzene rings is 2. The Hall–Kier alpha value is -3.75. The Labute approximate surface area is 243 Å². The number of carbonyl (C=O) groups excluding carboxylic acids is 1. The van der Waals surface area contributed by atoms with Crippen LogP contribution in [-0.2, 0) is 14.9 Å². The lowest BCUT2D eigenvalue weighted by molar-refractivity contribution is -0.148. The number of fused-ring (bicyclic) bond motifs is 1. The molecule has 3 heterocycles. The van der Waals surface area contributed by atoms with Crippen LogP contribution in [0.3, 0.4) is 0 Å². The van der Waals surface area contributed by atoms with Crippen LogP contribution in [0.4, 0.5) is 5.82 Å². The number of ether oxygens (including phenoxy) is 1. The number of nitrogens with zero attached hydrogens (tertiary/aromatic N) is 4. The van der Waals surface area contributed by atoms with E-state index in [9.17, 15) is 4.79 Å². The molecule has 0 unspecified atom stereocenters. The summed E-state index contributed by atoms with van der Waals surface area (Å²) in [7, 11) is 0. The van der Waals surface area contributed by atoms with Crippen molar-refractivity contribution in [1.29, 1.82) is 0 Å². The summed E-state index contributed by atoms with van der Waals surface area (Å²) in [6, 6.07) is 26.1. The van der Waals surface area contributed by atoms with Crippen LogP contribution in [0.5, 0.6) is 0 Å². The minimum atomic E-state index is -0.829. The van der Waals surface area contributed by atoms with Crippen molar-refractivity contribution in [3.8, 4) is 0 Å². The summed E-state index contributed by atoms with van der Waals surface area (Å²) in [4.78, 5) is 19.6. The van der Waals surface area contributed by atoms with Crippen molar-refractivity contribution in [2.24, 2.45) is 0 Å². The van der Waals surface area contributed by atoms with Crippen molar-refractivity contribution >= 4 is 17.4 Å². The number of anilines is 1. The largest absolute Gasteiger partial charge is 0.465 e. The summed E-state index contributed by atoms with van der Waals surface area (Å²) in [6.45, 7) is 9.93. The summed E-state index contributed by atoms with van der Waals surface area (Å²) < 4.78 is 6.96. The molecule has 1 aliphatic rings. The molecular weight excluding hydrogens is 512 g/mol. The first kappa shape index (κ1) is 28.8. The summed E-state index contributed by atoms with van der Waals surface area (Å²) in [6.07, 6.45) is 5.15. The van der Waals surface area contributed by atoms with Crippen LogP contribution < -0.4 is 10.6 Å². The van der Waals surface area contributed by atoms with Gasteiger partial charge in [0.15, 0.2) is 5.65 Å². The van der Waals surface area contributed by atoms with Crippen molar-refractivity contribution in [2.45, 2.75) is 57.5 Å². The maximum atomic E-state index is 12.4.